The smallest absolute Gasteiger partial charge is 0.231 e. The molecule has 1 saturated heterocycles. The van der Waals surface area contributed by atoms with Crippen LogP contribution in [0.5, 0.6) is 0 Å². The number of pyridine rings is 1. The summed E-state index contributed by atoms with van der Waals surface area (Å²) in [6.45, 7) is 12.3. The maximum atomic E-state index is 13.7. The lowest BCUT2D eigenvalue weighted by Gasteiger charge is -2.34. The number of terminal acetylenes is 1. The average molecular weight is 403 g/mol. The van der Waals surface area contributed by atoms with Gasteiger partial charge in [0.15, 0.2) is 0 Å². The first-order valence-electron chi connectivity index (χ1n) is 9.89. The van der Waals surface area contributed by atoms with Gasteiger partial charge in [-0.25, -0.2) is 24.2 Å². The molecular formula is C22H22FN7. The van der Waals surface area contributed by atoms with Gasteiger partial charge in [-0.15, -0.1) is 6.42 Å². The molecule has 0 radical (unpaired) electrons. The van der Waals surface area contributed by atoms with Crippen molar-refractivity contribution in [2.24, 2.45) is 5.92 Å². The molecule has 152 valence electrons. The van der Waals surface area contributed by atoms with Crippen molar-refractivity contribution in [3.63, 3.8) is 0 Å². The molecular weight excluding hydrogens is 381 g/mol. The van der Waals surface area contributed by atoms with E-state index in [0.717, 1.165) is 32.1 Å². The first kappa shape index (κ1) is 19.8. The third-order valence-electron chi connectivity index (χ3n) is 5.65. The van der Waals surface area contributed by atoms with E-state index in [1.54, 1.807) is 6.20 Å². The Labute approximate surface area is 174 Å². The fraction of sp³-hybridized carbons (Fsp3) is 0.364. The molecule has 0 aliphatic carbocycles. The SMILES string of the molecule is [C-]#[N+]c1cnc(NC(C)C2CCN(CC#C)CC2)nc1-c1c[nH]c2ncc(F)cc12. The second-order valence-electron chi connectivity index (χ2n) is 7.54. The maximum absolute atomic E-state index is 13.7. The van der Waals surface area contributed by atoms with Crippen molar-refractivity contribution in [2.75, 3.05) is 25.0 Å². The Hall–Kier alpha value is -3.49. The number of aromatic amines is 1. The van der Waals surface area contributed by atoms with Crippen LogP contribution in [0.15, 0.2) is 24.7 Å². The number of anilines is 1. The summed E-state index contributed by atoms with van der Waals surface area (Å²) in [6.07, 6.45) is 11.9. The van der Waals surface area contributed by atoms with E-state index in [2.05, 4.69) is 47.8 Å². The van der Waals surface area contributed by atoms with Crippen LogP contribution < -0.4 is 5.32 Å². The molecule has 1 fully saturated rings. The van der Waals surface area contributed by atoms with Gasteiger partial charge in [0.1, 0.15) is 11.5 Å². The van der Waals surface area contributed by atoms with Gasteiger partial charge in [-0.2, -0.15) is 0 Å². The van der Waals surface area contributed by atoms with Crippen LogP contribution in [0.25, 0.3) is 27.1 Å². The van der Waals surface area contributed by atoms with E-state index in [9.17, 15) is 4.39 Å². The number of aromatic nitrogens is 4. The molecule has 0 amide bonds. The monoisotopic (exact) mass is 403 g/mol. The lowest BCUT2D eigenvalue weighted by atomic mass is 9.90. The zero-order chi connectivity index (χ0) is 21.1. The van der Waals surface area contributed by atoms with Crippen molar-refractivity contribution in [3.8, 4) is 23.6 Å². The van der Waals surface area contributed by atoms with Crippen LogP contribution in [0.1, 0.15) is 19.8 Å². The highest BCUT2D eigenvalue weighted by atomic mass is 19.1. The standard InChI is InChI=1S/C22H22FN7/c1-4-7-30-8-5-15(6-9-30)14(2)28-22-27-13-19(24-3)20(29-22)18-12-26-21-17(18)10-16(23)11-25-21/h1,10-15H,5-9H2,2H3,(H,25,26)(H,27,28,29). The first-order chi connectivity index (χ1) is 14.6. The van der Waals surface area contributed by atoms with Gasteiger partial charge in [-0.3, -0.25) is 4.90 Å². The molecule has 1 unspecified atom stereocenters. The fourth-order valence-corrected chi connectivity index (χ4v) is 3.96. The Morgan fingerprint density at radius 3 is 2.93 bits per heavy atom. The lowest BCUT2D eigenvalue weighted by molar-refractivity contribution is 0.193. The molecule has 1 aliphatic heterocycles. The number of H-pyrrole nitrogens is 1. The third-order valence-corrected chi connectivity index (χ3v) is 5.65. The van der Waals surface area contributed by atoms with Gasteiger partial charge in [0.2, 0.25) is 11.6 Å². The summed E-state index contributed by atoms with van der Waals surface area (Å²) in [5.74, 6) is 3.20. The van der Waals surface area contributed by atoms with Crippen molar-refractivity contribution in [1.29, 1.82) is 0 Å². The third kappa shape index (κ3) is 3.96. The minimum absolute atomic E-state index is 0.173. The van der Waals surface area contributed by atoms with Crippen molar-refractivity contribution in [1.82, 2.24) is 24.8 Å². The van der Waals surface area contributed by atoms with Gasteiger partial charge in [-0.05, 0) is 44.8 Å². The number of nitrogens with zero attached hydrogens (tertiary/aromatic N) is 5. The summed E-state index contributed by atoms with van der Waals surface area (Å²) in [7, 11) is 0. The molecule has 0 spiro atoms. The number of fused-ring (bicyclic) bond motifs is 1. The molecule has 3 aromatic heterocycles. The molecule has 4 heterocycles. The van der Waals surface area contributed by atoms with Gasteiger partial charge >= 0.3 is 0 Å². The molecule has 3 aromatic rings. The summed E-state index contributed by atoms with van der Waals surface area (Å²) in [5, 5.41) is 3.97. The minimum atomic E-state index is -0.440. The van der Waals surface area contributed by atoms with Crippen molar-refractivity contribution < 1.29 is 4.39 Å². The van der Waals surface area contributed by atoms with Crippen LogP contribution >= 0.6 is 0 Å². The van der Waals surface area contributed by atoms with E-state index in [1.165, 1.54) is 12.3 Å². The number of halogens is 1. The molecule has 4 rings (SSSR count). The van der Waals surface area contributed by atoms with Crippen LogP contribution in [0, 0.1) is 30.7 Å². The lowest BCUT2D eigenvalue weighted by Crippen LogP contribution is -2.39. The van der Waals surface area contributed by atoms with E-state index < -0.39 is 5.82 Å². The number of hydrogen-bond acceptors (Lipinski definition) is 5. The zero-order valence-corrected chi connectivity index (χ0v) is 16.7. The van der Waals surface area contributed by atoms with E-state index in [0.29, 0.717) is 46.4 Å². The number of rotatable bonds is 5. The van der Waals surface area contributed by atoms with E-state index in [-0.39, 0.29) is 6.04 Å². The average Bonchev–Trinajstić information content (AvgIpc) is 3.17. The second kappa shape index (κ2) is 8.48. The summed E-state index contributed by atoms with van der Waals surface area (Å²) in [6, 6.07) is 1.57. The zero-order valence-electron chi connectivity index (χ0n) is 16.7. The largest absolute Gasteiger partial charge is 0.352 e. The quantitative estimate of drug-likeness (QED) is 0.500. The normalized spacial score (nSPS) is 16.1. The summed E-state index contributed by atoms with van der Waals surface area (Å²) >= 11 is 0. The van der Waals surface area contributed by atoms with Gasteiger partial charge < -0.3 is 10.3 Å². The predicted molar refractivity (Wildman–Crippen MR) is 114 cm³/mol. The minimum Gasteiger partial charge on any atom is -0.352 e. The van der Waals surface area contributed by atoms with Gasteiger partial charge in [-0.1, -0.05) is 5.92 Å². The molecule has 0 saturated carbocycles. The highest BCUT2D eigenvalue weighted by Gasteiger charge is 2.24. The Morgan fingerprint density at radius 1 is 1.40 bits per heavy atom. The molecule has 30 heavy (non-hydrogen) atoms. The number of nitrogens with one attached hydrogen (secondary N) is 2. The Bertz CT molecular complexity index is 1130. The molecule has 1 atom stereocenters. The maximum Gasteiger partial charge on any atom is 0.231 e. The molecule has 0 bridgehead atoms. The highest BCUT2D eigenvalue weighted by Crippen LogP contribution is 2.34. The van der Waals surface area contributed by atoms with Crippen molar-refractivity contribution >= 4 is 22.7 Å². The van der Waals surface area contributed by atoms with E-state index >= 15 is 0 Å². The predicted octanol–water partition coefficient (Wildman–Crippen LogP) is 3.86. The summed E-state index contributed by atoms with van der Waals surface area (Å²) in [4.78, 5) is 21.8. The van der Waals surface area contributed by atoms with Crippen LogP contribution in [0.4, 0.5) is 16.0 Å². The molecule has 2 N–H and O–H groups in total. The van der Waals surface area contributed by atoms with Crippen LogP contribution in [0.3, 0.4) is 0 Å². The van der Waals surface area contributed by atoms with E-state index in [4.69, 9.17) is 13.0 Å². The van der Waals surface area contributed by atoms with Crippen molar-refractivity contribution in [3.05, 3.63) is 41.9 Å². The summed E-state index contributed by atoms with van der Waals surface area (Å²) in [5.41, 5.74) is 1.93. The molecule has 0 aromatic carbocycles. The van der Waals surface area contributed by atoms with Crippen molar-refractivity contribution in [2.45, 2.75) is 25.8 Å². The Balaban J connectivity index is 1.57. The Morgan fingerprint density at radius 2 is 2.20 bits per heavy atom. The van der Waals surface area contributed by atoms with Crippen LogP contribution in [-0.2, 0) is 0 Å². The Kier molecular flexibility index (Phi) is 5.60. The van der Waals surface area contributed by atoms with Crippen LogP contribution in [0.2, 0.25) is 0 Å². The number of piperidine rings is 1. The van der Waals surface area contributed by atoms with Crippen LogP contribution in [-0.4, -0.2) is 50.5 Å². The summed E-state index contributed by atoms with van der Waals surface area (Å²) < 4.78 is 13.7. The van der Waals surface area contributed by atoms with Gasteiger partial charge in [0.05, 0.1) is 25.0 Å². The second-order valence-corrected chi connectivity index (χ2v) is 7.54. The number of hydrogen-bond donors (Lipinski definition) is 2. The topological polar surface area (TPSA) is 74.1 Å². The first-order valence-corrected chi connectivity index (χ1v) is 9.89. The highest BCUT2D eigenvalue weighted by molar-refractivity contribution is 5.95. The molecule has 7 nitrogen and oxygen atoms in total. The van der Waals surface area contributed by atoms with Gasteiger partial charge in [0.25, 0.3) is 0 Å². The van der Waals surface area contributed by atoms with E-state index in [1.807, 2.05) is 0 Å². The fourth-order valence-electron chi connectivity index (χ4n) is 3.96. The molecule has 1 aliphatic rings. The van der Waals surface area contributed by atoms with Gasteiger partial charge in [0, 0.05) is 29.4 Å². The molecule has 8 heteroatoms. The number of likely N-dealkylation sites (tertiary alicyclic amines) is 1.